The molecule has 0 amide bonds. The molecule has 1 N–H and O–H groups in total. The lowest BCUT2D eigenvalue weighted by Gasteiger charge is -2.06. The van der Waals surface area contributed by atoms with Gasteiger partial charge in [0.2, 0.25) is 0 Å². The average Bonchev–Trinajstić information content (AvgIpc) is 2.29. The van der Waals surface area contributed by atoms with E-state index in [0.717, 1.165) is 19.3 Å². The Kier molecular flexibility index (Phi) is 5.13. The molecule has 0 bridgehead atoms. The average molecular weight is 204 g/mol. The van der Waals surface area contributed by atoms with Gasteiger partial charge < -0.3 is 5.11 Å². The highest BCUT2D eigenvalue weighted by Crippen LogP contribution is 2.14. The van der Waals surface area contributed by atoms with Crippen LogP contribution in [0.15, 0.2) is 24.3 Å². The van der Waals surface area contributed by atoms with E-state index in [0.29, 0.717) is 0 Å². The highest BCUT2D eigenvalue weighted by atomic mass is 16.2. The van der Waals surface area contributed by atoms with Gasteiger partial charge in [-0.1, -0.05) is 44.2 Å². The van der Waals surface area contributed by atoms with Gasteiger partial charge in [-0.15, -0.1) is 0 Å². The molecule has 0 aliphatic heterocycles. The summed E-state index contributed by atoms with van der Waals surface area (Å²) >= 11 is 0. The fourth-order valence-corrected chi connectivity index (χ4v) is 1.72. The molecule has 1 nitrogen and oxygen atoms in total. The van der Waals surface area contributed by atoms with E-state index >= 15 is 0 Å². The van der Waals surface area contributed by atoms with Gasteiger partial charge in [-0.05, 0) is 36.0 Å². The van der Waals surface area contributed by atoms with E-state index < -0.39 is 0 Å². The van der Waals surface area contributed by atoms with Crippen molar-refractivity contribution < 1.29 is 5.11 Å². The summed E-state index contributed by atoms with van der Waals surface area (Å²) in [4.78, 5) is 0. The highest BCUT2D eigenvalue weighted by Gasteiger charge is 1.98. The number of rotatable bonds is 5. The third kappa shape index (κ3) is 3.52. The Morgan fingerprint density at radius 2 is 1.87 bits per heavy atom. The maximum absolute atomic E-state index is 8.68. The zero-order valence-electron chi connectivity index (χ0n) is 9.66. The molecule has 0 saturated carbocycles. The minimum Gasteiger partial charge on any atom is -0.396 e. The number of benzene rings is 1. The van der Waals surface area contributed by atoms with E-state index in [1.165, 1.54) is 16.7 Å². The highest BCUT2D eigenvalue weighted by molar-refractivity contribution is 5.51. The first-order valence-corrected chi connectivity index (χ1v) is 5.71. The molecule has 0 spiro atoms. The minimum absolute atomic E-state index is 0.226. The van der Waals surface area contributed by atoms with Gasteiger partial charge in [0.1, 0.15) is 0 Å². The molecule has 0 aliphatic rings. The van der Waals surface area contributed by atoms with Crippen molar-refractivity contribution in [2.45, 2.75) is 33.1 Å². The molecule has 1 aromatic carbocycles. The number of hydrogen-bond acceptors (Lipinski definition) is 1. The maximum Gasteiger partial charge on any atom is 0.0465 e. The molecule has 0 aromatic heterocycles. The summed E-state index contributed by atoms with van der Waals surface area (Å²) in [6.07, 6.45) is 7.01. The lowest BCUT2D eigenvalue weighted by Crippen LogP contribution is -1.91. The predicted molar refractivity (Wildman–Crippen MR) is 65.9 cm³/mol. The lowest BCUT2D eigenvalue weighted by molar-refractivity contribution is 0.303. The smallest absolute Gasteiger partial charge is 0.0465 e. The Balaban J connectivity index is 2.83. The van der Waals surface area contributed by atoms with Gasteiger partial charge in [-0.2, -0.15) is 0 Å². The van der Waals surface area contributed by atoms with Gasteiger partial charge in [0, 0.05) is 6.61 Å². The van der Waals surface area contributed by atoms with Crippen molar-refractivity contribution in [2.75, 3.05) is 6.61 Å². The quantitative estimate of drug-likeness (QED) is 0.781. The molecule has 0 unspecified atom stereocenters. The fourth-order valence-electron chi connectivity index (χ4n) is 1.72. The third-order valence-corrected chi connectivity index (χ3v) is 2.60. The second-order valence-electron chi connectivity index (χ2n) is 3.65. The Morgan fingerprint density at radius 3 is 2.47 bits per heavy atom. The normalized spacial score (nSPS) is 11.1. The Bertz CT molecular complexity index is 326. The van der Waals surface area contributed by atoms with Gasteiger partial charge in [-0.25, -0.2) is 0 Å². The van der Waals surface area contributed by atoms with E-state index in [1.807, 2.05) is 6.08 Å². The summed E-state index contributed by atoms with van der Waals surface area (Å²) in [5.74, 6) is 0. The second kappa shape index (κ2) is 6.41. The Morgan fingerprint density at radius 1 is 1.13 bits per heavy atom. The van der Waals surface area contributed by atoms with Crippen LogP contribution in [0.25, 0.3) is 6.08 Å². The molecule has 0 saturated heterocycles. The number of hydrogen-bond donors (Lipinski definition) is 1. The molecule has 0 radical (unpaired) electrons. The molecule has 1 aromatic rings. The van der Waals surface area contributed by atoms with Gasteiger partial charge in [0.15, 0.2) is 0 Å². The van der Waals surface area contributed by atoms with Crippen LogP contribution in [0.4, 0.5) is 0 Å². The Hall–Kier alpha value is -1.08. The zero-order valence-corrected chi connectivity index (χ0v) is 9.66. The first-order chi connectivity index (χ1) is 7.31. The van der Waals surface area contributed by atoms with Crippen molar-refractivity contribution in [3.05, 3.63) is 41.0 Å². The van der Waals surface area contributed by atoms with Crippen LogP contribution in [-0.2, 0) is 12.8 Å². The summed E-state index contributed by atoms with van der Waals surface area (Å²) in [6, 6.07) is 6.59. The number of aliphatic hydroxyl groups is 1. The monoisotopic (exact) mass is 204 g/mol. The standard InChI is InChI=1S/C14H20O/c1-3-13-9-8-12(7-5-6-10-15)11-14(13)4-2/h5,7-9,11,15H,3-4,6,10H2,1-2H3. The minimum atomic E-state index is 0.226. The van der Waals surface area contributed by atoms with Crippen LogP contribution >= 0.6 is 0 Å². The van der Waals surface area contributed by atoms with Crippen LogP contribution in [0.1, 0.15) is 37.0 Å². The van der Waals surface area contributed by atoms with Crippen molar-refractivity contribution in [2.24, 2.45) is 0 Å². The molecule has 1 rings (SSSR count). The van der Waals surface area contributed by atoms with Gasteiger partial charge >= 0.3 is 0 Å². The molecular formula is C14H20O. The van der Waals surface area contributed by atoms with Crippen molar-refractivity contribution in [3.63, 3.8) is 0 Å². The molecule has 1 heteroatoms. The summed E-state index contributed by atoms with van der Waals surface area (Å²) in [7, 11) is 0. The second-order valence-corrected chi connectivity index (χ2v) is 3.65. The topological polar surface area (TPSA) is 20.2 Å². The van der Waals surface area contributed by atoms with Gasteiger partial charge in [-0.3, -0.25) is 0 Å². The lowest BCUT2D eigenvalue weighted by atomic mass is 10.00. The summed E-state index contributed by atoms with van der Waals surface area (Å²) < 4.78 is 0. The predicted octanol–water partition coefficient (Wildman–Crippen LogP) is 3.21. The zero-order chi connectivity index (χ0) is 11.1. The third-order valence-electron chi connectivity index (χ3n) is 2.60. The van der Waals surface area contributed by atoms with Crippen molar-refractivity contribution in [3.8, 4) is 0 Å². The molecule has 0 atom stereocenters. The molecular weight excluding hydrogens is 184 g/mol. The first kappa shape index (κ1) is 12.0. The summed E-state index contributed by atoms with van der Waals surface area (Å²) in [5, 5.41) is 8.68. The number of aryl methyl sites for hydroxylation is 2. The summed E-state index contributed by atoms with van der Waals surface area (Å²) in [6.45, 7) is 4.61. The SMILES string of the molecule is CCc1ccc(C=CCCO)cc1CC. The van der Waals surface area contributed by atoms with Gasteiger partial charge in [0.05, 0.1) is 0 Å². The Labute approximate surface area is 92.5 Å². The van der Waals surface area contributed by atoms with Crippen LogP contribution in [0.2, 0.25) is 0 Å². The van der Waals surface area contributed by atoms with Gasteiger partial charge in [0.25, 0.3) is 0 Å². The van der Waals surface area contributed by atoms with Crippen LogP contribution in [0.3, 0.4) is 0 Å². The number of aliphatic hydroxyl groups excluding tert-OH is 1. The van der Waals surface area contributed by atoms with Crippen LogP contribution in [-0.4, -0.2) is 11.7 Å². The largest absolute Gasteiger partial charge is 0.396 e. The molecule has 0 aliphatic carbocycles. The van der Waals surface area contributed by atoms with Crippen molar-refractivity contribution in [1.29, 1.82) is 0 Å². The molecule has 0 fully saturated rings. The van der Waals surface area contributed by atoms with Crippen molar-refractivity contribution >= 4 is 6.08 Å². The molecule has 0 heterocycles. The van der Waals surface area contributed by atoms with E-state index in [1.54, 1.807) is 0 Å². The molecule has 82 valence electrons. The fraction of sp³-hybridized carbons (Fsp3) is 0.429. The van der Waals surface area contributed by atoms with Crippen LogP contribution in [0.5, 0.6) is 0 Å². The van der Waals surface area contributed by atoms with E-state index in [4.69, 9.17) is 5.11 Å². The maximum atomic E-state index is 8.68. The first-order valence-electron chi connectivity index (χ1n) is 5.71. The van der Waals surface area contributed by atoms with E-state index in [9.17, 15) is 0 Å². The molecule has 15 heavy (non-hydrogen) atoms. The van der Waals surface area contributed by atoms with Crippen LogP contribution < -0.4 is 0 Å². The van der Waals surface area contributed by atoms with E-state index in [2.05, 4.69) is 38.1 Å². The summed E-state index contributed by atoms with van der Waals surface area (Å²) in [5.41, 5.74) is 4.11. The van der Waals surface area contributed by atoms with E-state index in [-0.39, 0.29) is 6.61 Å². The van der Waals surface area contributed by atoms with Crippen LogP contribution in [0, 0.1) is 0 Å². The van der Waals surface area contributed by atoms with Crippen molar-refractivity contribution in [1.82, 2.24) is 0 Å².